The number of likely N-dealkylation sites (tertiary alicyclic amines) is 1. The summed E-state index contributed by atoms with van der Waals surface area (Å²) in [4.78, 5) is 14.3. The molecule has 2 aliphatic rings. The van der Waals surface area contributed by atoms with Gasteiger partial charge in [0.15, 0.2) is 11.6 Å². The second-order valence-electron chi connectivity index (χ2n) is 6.98. The molecule has 5 heteroatoms. The van der Waals surface area contributed by atoms with Crippen LogP contribution < -0.4 is 0 Å². The van der Waals surface area contributed by atoms with E-state index in [4.69, 9.17) is 0 Å². The van der Waals surface area contributed by atoms with Gasteiger partial charge in [-0.1, -0.05) is 19.4 Å². The summed E-state index contributed by atoms with van der Waals surface area (Å²) >= 11 is 0. The first-order valence-electron chi connectivity index (χ1n) is 8.40. The minimum atomic E-state index is -0.703. The zero-order valence-electron chi connectivity index (χ0n) is 13.5. The molecule has 4 nitrogen and oxygen atoms in total. The van der Waals surface area contributed by atoms with Crippen molar-refractivity contribution in [3.63, 3.8) is 0 Å². The van der Waals surface area contributed by atoms with E-state index < -0.39 is 17.2 Å². The molecule has 1 saturated carbocycles. The highest BCUT2D eigenvalue weighted by atomic mass is 19.1. The molecule has 1 aliphatic carbocycles. The minimum absolute atomic E-state index is 0.0389. The molecule has 0 aromatic heterocycles. The number of rotatable bonds is 3. The Kier molecular flexibility index (Phi) is 4.32. The van der Waals surface area contributed by atoms with Crippen LogP contribution in [-0.2, 0) is 11.2 Å². The highest BCUT2D eigenvalue weighted by Crippen LogP contribution is 2.44. The lowest BCUT2D eigenvalue weighted by molar-refractivity contribution is -0.130. The first-order valence-corrected chi connectivity index (χ1v) is 8.40. The summed E-state index contributed by atoms with van der Waals surface area (Å²) in [5.74, 6) is -0.619. The van der Waals surface area contributed by atoms with E-state index in [1.807, 2.05) is 11.8 Å². The summed E-state index contributed by atoms with van der Waals surface area (Å²) < 4.78 is 13.4. The molecule has 1 aliphatic heterocycles. The van der Waals surface area contributed by atoms with Crippen molar-refractivity contribution in [3.05, 3.63) is 29.6 Å². The molecule has 2 N–H and O–H groups in total. The second-order valence-corrected chi connectivity index (χ2v) is 6.98. The summed E-state index contributed by atoms with van der Waals surface area (Å²) in [6, 6.07) is 4.05. The van der Waals surface area contributed by atoms with E-state index in [9.17, 15) is 19.4 Å². The molecule has 3 atom stereocenters. The third kappa shape index (κ3) is 3.07. The van der Waals surface area contributed by atoms with Crippen LogP contribution in [0.25, 0.3) is 0 Å². The number of hydrogen-bond acceptors (Lipinski definition) is 3. The van der Waals surface area contributed by atoms with Crippen LogP contribution in [0.5, 0.6) is 5.75 Å². The van der Waals surface area contributed by atoms with E-state index in [2.05, 4.69) is 0 Å². The zero-order valence-corrected chi connectivity index (χ0v) is 13.5. The molecule has 1 aromatic carbocycles. The number of carbonyl (C=O) groups is 1. The Morgan fingerprint density at radius 3 is 2.91 bits per heavy atom. The largest absolute Gasteiger partial charge is 0.505 e. The molecule has 3 rings (SSSR count). The molecule has 1 aromatic rings. The smallest absolute Gasteiger partial charge is 0.227 e. The lowest BCUT2D eigenvalue weighted by Gasteiger charge is -2.40. The van der Waals surface area contributed by atoms with Gasteiger partial charge in [0.1, 0.15) is 0 Å². The van der Waals surface area contributed by atoms with Gasteiger partial charge >= 0.3 is 0 Å². The second kappa shape index (κ2) is 6.11. The number of carbonyl (C=O) groups excluding carboxylic acids is 1. The molecule has 0 bridgehead atoms. The van der Waals surface area contributed by atoms with E-state index >= 15 is 0 Å². The van der Waals surface area contributed by atoms with Crippen LogP contribution in [0.2, 0.25) is 0 Å². The Hall–Kier alpha value is -1.62. The van der Waals surface area contributed by atoms with Crippen molar-refractivity contribution >= 4 is 5.91 Å². The average Bonchev–Trinajstić information content (AvgIpc) is 2.97. The number of phenols is 1. The fraction of sp³-hybridized carbons (Fsp3) is 0.611. The van der Waals surface area contributed by atoms with Gasteiger partial charge in [0.05, 0.1) is 12.0 Å². The number of halogens is 1. The third-order valence-corrected chi connectivity index (χ3v) is 5.65. The van der Waals surface area contributed by atoms with Crippen molar-refractivity contribution in [3.8, 4) is 5.75 Å². The standard InChI is InChI=1S/C18H24FNO3/c1-2-18(23)7-3-4-13-10-20(11-14(13)18)17(22)9-12-5-6-16(21)15(19)8-12/h5-6,8,13-14,21,23H,2-4,7,9-11H2,1H3/t13-,14+,18-/m1/s1. The van der Waals surface area contributed by atoms with Gasteiger partial charge in [0.25, 0.3) is 0 Å². The number of hydrogen-bond donors (Lipinski definition) is 2. The summed E-state index contributed by atoms with van der Waals surface area (Å²) in [6.45, 7) is 3.28. The van der Waals surface area contributed by atoms with Crippen molar-refractivity contribution in [1.82, 2.24) is 4.90 Å². The Balaban J connectivity index is 1.68. The molecular formula is C18H24FNO3. The van der Waals surface area contributed by atoms with Crippen LogP contribution in [0.3, 0.4) is 0 Å². The summed E-state index contributed by atoms with van der Waals surface area (Å²) in [5.41, 5.74) is -0.0892. The Labute approximate surface area is 135 Å². The average molecular weight is 321 g/mol. The van der Waals surface area contributed by atoms with Gasteiger partial charge in [-0.15, -0.1) is 0 Å². The monoisotopic (exact) mass is 321 g/mol. The quantitative estimate of drug-likeness (QED) is 0.899. The van der Waals surface area contributed by atoms with Crippen LogP contribution in [0.1, 0.15) is 38.2 Å². The maximum atomic E-state index is 13.4. The summed E-state index contributed by atoms with van der Waals surface area (Å²) in [6.07, 6.45) is 3.73. The van der Waals surface area contributed by atoms with Crippen molar-refractivity contribution < 1.29 is 19.4 Å². The van der Waals surface area contributed by atoms with Crippen molar-refractivity contribution in [2.45, 2.75) is 44.6 Å². The summed E-state index contributed by atoms with van der Waals surface area (Å²) in [5, 5.41) is 20.0. The van der Waals surface area contributed by atoms with Gasteiger partial charge in [-0.3, -0.25) is 4.79 Å². The van der Waals surface area contributed by atoms with Gasteiger partial charge in [0, 0.05) is 19.0 Å². The molecule has 1 heterocycles. The number of aromatic hydroxyl groups is 1. The molecule has 2 fully saturated rings. The minimum Gasteiger partial charge on any atom is -0.505 e. The maximum Gasteiger partial charge on any atom is 0.227 e. The predicted octanol–water partition coefficient (Wildman–Crippen LogP) is 2.47. The van der Waals surface area contributed by atoms with Crippen molar-refractivity contribution in [2.24, 2.45) is 11.8 Å². The Morgan fingerprint density at radius 2 is 2.22 bits per heavy atom. The number of nitrogens with zero attached hydrogens (tertiary/aromatic N) is 1. The van der Waals surface area contributed by atoms with Crippen molar-refractivity contribution in [1.29, 1.82) is 0 Å². The van der Waals surface area contributed by atoms with Gasteiger partial charge in [-0.2, -0.15) is 0 Å². The van der Waals surface area contributed by atoms with Crippen LogP contribution in [-0.4, -0.2) is 39.7 Å². The van der Waals surface area contributed by atoms with E-state index in [-0.39, 0.29) is 18.2 Å². The highest BCUT2D eigenvalue weighted by molar-refractivity contribution is 5.79. The van der Waals surface area contributed by atoms with Gasteiger partial charge in [0.2, 0.25) is 5.91 Å². The lowest BCUT2D eigenvalue weighted by atomic mass is 9.69. The van der Waals surface area contributed by atoms with Crippen LogP contribution >= 0.6 is 0 Å². The predicted molar refractivity (Wildman–Crippen MR) is 84.4 cm³/mol. The Bertz CT molecular complexity index is 606. The molecular weight excluding hydrogens is 297 g/mol. The molecule has 1 saturated heterocycles. The topological polar surface area (TPSA) is 60.8 Å². The normalized spacial score (nSPS) is 30.3. The fourth-order valence-corrected chi connectivity index (χ4v) is 4.22. The molecule has 0 unspecified atom stereocenters. The Morgan fingerprint density at radius 1 is 1.43 bits per heavy atom. The van der Waals surface area contributed by atoms with Crippen LogP contribution in [0.15, 0.2) is 18.2 Å². The zero-order chi connectivity index (χ0) is 16.6. The summed E-state index contributed by atoms with van der Waals surface area (Å²) in [7, 11) is 0. The maximum absolute atomic E-state index is 13.4. The van der Waals surface area contributed by atoms with Gasteiger partial charge < -0.3 is 15.1 Å². The van der Waals surface area contributed by atoms with E-state index in [1.54, 1.807) is 6.07 Å². The fourth-order valence-electron chi connectivity index (χ4n) is 4.22. The van der Waals surface area contributed by atoms with Gasteiger partial charge in [-0.25, -0.2) is 4.39 Å². The van der Waals surface area contributed by atoms with Gasteiger partial charge in [-0.05, 0) is 42.9 Å². The first kappa shape index (κ1) is 16.2. The van der Waals surface area contributed by atoms with Crippen LogP contribution in [0.4, 0.5) is 4.39 Å². The highest BCUT2D eigenvalue weighted by Gasteiger charge is 2.48. The van der Waals surface area contributed by atoms with E-state index in [0.717, 1.165) is 25.7 Å². The molecule has 1 amide bonds. The first-order chi connectivity index (χ1) is 10.9. The molecule has 0 radical (unpaired) electrons. The number of fused-ring (bicyclic) bond motifs is 1. The van der Waals surface area contributed by atoms with E-state index in [1.165, 1.54) is 12.1 Å². The van der Waals surface area contributed by atoms with Crippen molar-refractivity contribution in [2.75, 3.05) is 13.1 Å². The number of aliphatic hydroxyl groups is 1. The molecule has 126 valence electrons. The van der Waals surface area contributed by atoms with E-state index in [0.29, 0.717) is 24.6 Å². The SMILES string of the molecule is CC[C@@]1(O)CCC[C@@H]2CN(C(=O)Cc3ccc(O)c(F)c3)C[C@@H]21. The lowest BCUT2D eigenvalue weighted by Crippen LogP contribution is -2.44. The number of benzene rings is 1. The molecule has 0 spiro atoms. The number of phenolic OH excluding ortho intramolecular Hbond substituents is 1. The molecule has 23 heavy (non-hydrogen) atoms. The number of amides is 1. The third-order valence-electron chi connectivity index (χ3n) is 5.65. The van der Waals surface area contributed by atoms with Crippen LogP contribution in [0, 0.1) is 17.7 Å².